The molecule has 1 aliphatic rings. The summed E-state index contributed by atoms with van der Waals surface area (Å²) in [4.78, 5) is 25.6. The molecule has 0 aromatic heterocycles. The highest BCUT2D eigenvalue weighted by atomic mass is 16.6. The third-order valence-corrected chi connectivity index (χ3v) is 4.38. The zero-order valence-corrected chi connectivity index (χ0v) is 13.9. The molecule has 1 N–H and O–H groups in total. The normalized spacial score (nSPS) is 15.4. The van der Waals surface area contributed by atoms with Crippen molar-refractivity contribution in [1.82, 2.24) is 10.2 Å². The molecule has 1 amide bonds. The van der Waals surface area contributed by atoms with E-state index < -0.39 is 4.92 Å². The van der Waals surface area contributed by atoms with Crippen LogP contribution in [-0.4, -0.2) is 41.4 Å². The Morgan fingerprint density at radius 2 is 2.04 bits per heavy atom. The Kier molecular flexibility index (Phi) is 6.10. The maximum absolute atomic E-state index is 12.9. The van der Waals surface area contributed by atoms with Crippen LogP contribution in [0.4, 0.5) is 5.69 Å². The molecule has 0 atom stereocenters. The molecule has 1 aliphatic heterocycles. The number of nitro benzene ring substituents is 1. The van der Waals surface area contributed by atoms with Crippen molar-refractivity contribution in [2.24, 2.45) is 0 Å². The van der Waals surface area contributed by atoms with E-state index in [9.17, 15) is 14.9 Å². The quantitative estimate of drug-likeness (QED) is 0.646. The number of hydrogen-bond donors (Lipinski definition) is 1. The Hall–Kier alpha value is -1.95. The van der Waals surface area contributed by atoms with Gasteiger partial charge in [-0.2, -0.15) is 0 Å². The zero-order valence-electron chi connectivity index (χ0n) is 13.9. The Balaban J connectivity index is 2.28. The van der Waals surface area contributed by atoms with Crippen LogP contribution in [0.15, 0.2) is 18.2 Å². The molecule has 1 aromatic carbocycles. The van der Waals surface area contributed by atoms with E-state index in [2.05, 4.69) is 5.32 Å². The van der Waals surface area contributed by atoms with E-state index in [0.717, 1.165) is 32.4 Å². The molecule has 0 bridgehead atoms. The fourth-order valence-corrected chi connectivity index (χ4v) is 3.14. The first-order valence-corrected chi connectivity index (χ1v) is 8.37. The second kappa shape index (κ2) is 8.06. The summed E-state index contributed by atoms with van der Waals surface area (Å²) in [5.41, 5.74) is 1.12. The van der Waals surface area contributed by atoms with Crippen molar-refractivity contribution in [3.63, 3.8) is 0 Å². The van der Waals surface area contributed by atoms with E-state index in [4.69, 9.17) is 0 Å². The lowest BCUT2D eigenvalue weighted by atomic mass is 10.0. The van der Waals surface area contributed by atoms with Crippen LogP contribution in [0.3, 0.4) is 0 Å². The topological polar surface area (TPSA) is 75.5 Å². The number of aryl methyl sites for hydroxylation is 1. The van der Waals surface area contributed by atoms with Crippen molar-refractivity contribution in [2.75, 3.05) is 19.6 Å². The van der Waals surface area contributed by atoms with Gasteiger partial charge in [0.1, 0.15) is 0 Å². The van der Waals surface area contributed by atoms with E-state index in [1.165, 1.54) is 6.07 Å². The van der Waals surface area contributed by atoms with Crippen molar-refractivity contribution in [2.45, 2.75) is 45.6 Å². The number of nitrogens with one attached hydrogen (secondary N) is 1. The molecule has 126 valence electrons. The highest BCUT2D eigenvalue weighted by molar-refractivity contribution is 5.95. The van der Waals surface area contributed by atoms with Gasteiger partial charge in [-0.05, 0) is 44.8 Å². The first kappa shape index (κ1) is 17.4. The maximum atomic E-state index is 12.9. The van der Waals surface area contributed by atoms with Gasteiger partial charge in [0.25, 0.3) is 11.6 Å². The molecule has 1 saturated heterocycles. The van der Waals surface area contributed by atoms with Crippen LogP contribution in [-0.2, 0) is 6.42 Å². The molecular weight excluding hydrogens is 294 g/mol. The third-order valence-electron chi connectivity index (χ3n) is 4.38. The largest absolute Gasteiger partial charge is 0.336 e. The summed E-state index contributed by atoms with van der Waals surface area (Å²) in [5.74, 6) is -0.0931. The van der Waals surface area contributed by atoms with Crippen LogP contribution in [0.2, 0.25) is 0 Å². The molecule has 1 heterocycles. The first-order valence-electron chi connectivity index (χ1n) is 8.37. The van der Waals surface area contributed by atoms with Crippen LogP contribution in [0, 0.1) is 10.1 Å². The van der Waals surface area contributed by atoms with Gasteiger partial charge in [-0.15, -0.1) is 0 Å². The lowest BCUT2D eigenvalue weighted by molar-refractivity contribution is -0.385. The number of piperidine rings is 1. The summed E-state index contributed by atoms with van der Waals surface area (Å²) in [6, 6.07) is 5.08. The predicted octanol–water partition coefficient (Wildman–Crippen LogP) is 2.76. The van der Waals surface area contributed by atoms with Crippen molar-refractivity contribution >= 4 is 11.6 Å². The summed E-state index contributed by atoms with van der Waals surface area (Å²) in [6.07, 6.45) is 3.32. The Morgan fingerprint density at radius 1 is 1.35 bits per heavy atom. The van der Waals surface area contributed by atoms with Gasteiger partial charge in [-0.1, -0.05) is 19.9 Å². The standard InChI is InChI=1S/C17H25N3O3/c1-3-11-19(15-7-9-18-10-8-15)17(21)14-6-5-13(4-2)16(12-14)20(22)23/h5-6,12,15,18H,3-4,7-11H2,1-2H3. The molecule has 0 unspecified atom stereocenters. The van der Waals surface area contributed by atoms with E-state index in [0.29, 0.717) is 24.1 Å². The van der Waals surface area contributed by atoms with Crippen molar-refractivity contribution in [3.05, 3.63) is 39.4 Å². The number of benzene rings is 1. The third kappa shape index (κ3) is 4.07. The number of carbonyl (C=O) groups excluding carboxylic acids is 1. The molecule has 0 spiro atoms. The summed E-state index contributed by atoms with van der Waals surface area (Å²) in [6.45, 7) is 6.43. The van der Waals surface area contributed by atoms with E-state index in [-0.39, 0.29) is 17.6 Å². The van der Waals surface area contributed by atoms with Gasteiger partial charge in [0.2, 0.25) is 0 Å². The lowest BCUT2D eigenvalue weighted by Gasteiger charge is -2.34. The van der Waals surface area contributed by atoms with Crippen LogP contribution in [0.25, 0.3) is 0 Å². The molecule has 0 saturated carbocycles. The minimum absolute atomic E-state index is 0.0418. The van der Waals surface area contributed by atoms with E-state index in [1.54, 1.807) is 12.1 Å². The predicted molar refractivity (Wildman–Crippen MR) is 89.7 cm³/mol. The Labute approximate surface area is 137 Å². The van der Waals surface area contributed by atoms with Crippen molar-refractivity contribution in [3.8, 4) is 0 Å². The van der Waals surface area contributed by atoms with Gasteiger partial charge in [0.15, 0.2) is 0 Å². The molecular formula is C17H25N3O3. The fraction of sp³-hybridized carbons (Fsp3) is 0.588. The number of carbonyl (C=O) groups is 1. The molecule has 0 radical (unpaired) electrons. The molecule has 23 heavy (non-hydrogen) atoms. The van der Waals surface area contributed by atoms with Crippen LogP contribution in [0.1, 0.15) is 49.0 Å². The van der Waals surface area contributed by atoms with Gasteiger partial charge >= 0.3 is 0 Å². The molecule has 6 nitrogen and oxygen atoms in total. The van der Waals surface area contributed by atoms with E-state index >= 15 is 0 Å². The fourth-order valence-electron chi connectivity index (χ4n) is 3.14. The smallest absolute Gasteiger partial charge is 0.273 e. The summed E-state index contributed by atoms with van der Waals surface area (Å²) in [7, 11) is 0. The van der Waals surface area contributed by atoms with E-state index in [1.807, 2.05) is 18.7 Å². The van der Waals surface area contributed by atoms with Crippen molar-refractivity contribution < 1.29 is 9.72 Å². The van der Waals surface area contributed by atoms with Crippen LogP contribution in [0.5, 0.6) is 0 Å². The van der Waals surface area contributed by atoms with Gasteiger partial charge in [0, 0.05) is 29.8 Å². The van der Waals surface area contributed by atoms with Gasteiger partial charge < -0.3 is 10.2 Å². The number of amides is 1. The summed E-state index contributed by atoms with van der Waals surface area (Å²) in [5, 5.41) is 14.5. The molecule has 1 fully saturated rings. The number of nitro groups is 1. The second-order valence-electron chi connectivity index (χ2n) is 5.93. The first-order chi connectivity index (χ1) is 11.1. The van der Waals surface area contributed by atoms with Crippen LogP contribution >= 0.6 is 0 Å². The average molecular weight is 319 g/mol. The molecule has 6 heteroatoms. The zero-order chi connectivity index (χ0) is 16.8. The van der Waals surface area contributed by atoms with Crippen molar-refractivity contribution in [1.29, 1.82) is 0 Å². The second-order valence-corrected chi connectivity index (χ2v) is 5.93. The van der Waals surface area contributed by atoms with Gasteiger partial charge in [0.05, 0.1) is 4.92 Å². The Bertz CT molecular complexity index is 568. The number of rotatable bonds is 6. The maximum Gasteiger partial charge on any atom is 0.273 e. The van der Waals surface area contributed by atoms with Gasteiger partial charge in [-0.25, -0.2) is 0 Å². The minimum atomic E-state index is -0.399. The minimum Gasteiger partial charge on any atom is -0.336 e. The lowest BCUT2D eigenvalue weighted by Crippen LogP contribution is -2.46. The molecule has 0 aliphatic carbocycles. The summed E-state index contributed by atoms with van der Waals surface area (Å²) >= 11 is 0. The Morgan fingerprint density at radius 3 is 2.61 bits per heavy atom. The molecule has 2 rings (SSSR count). The average Bonchev–Trinajstić information content (AvgIpc) is 2.59. The van der Waals surface area contributed by atoms with Crippen LogP contribution < -0.4 is 5.32 Å². The SMILES string of the molecule is CCCN(C(=O)c1ccc(CC)c([N+](=O)[O-])c1)C1CCNCC1. The highest BCUT2D eigenvalue weighted by Gasteiger charge is 2.27. The highest BCUT2D eigenvalue weighted by Crippen LogP contribution is 2.23. The monoisotopic (exact) mass is 319 g/mol. The van der Waals surface area contributed by atoms with Gasteiger partial charge in [-0.3, -0.25) is 14.9 Å². The number of hydrogen-bond acceptors (Lipinski definition) is 4. The molecule has 1 aromatic rings. The number of nitrogens with zero attached hydrogens (tertiary/aromatic N) is 2. The summed E-state index contributed by atoms with van der Waals surface area (Å²) < 4.78 is 0.